The van der Waals surface area contributed by atoms with Crippen molar-refractivity contribution in [3.8, 4) is 0 Å². The van der Waals surface area contributed by atoms with E-state index in [1.807, 2.05) is 25.7 Å². The first-order valence-corrected chi connectivity index (χ1v) is 10.1. The van der Waals surface area contributed by atoms with Crippen molar-refractivity contribution in [2.75, 3.05) is 24.7 Å². The Morgan fingerprint density at radius 1 is 1.38 bits per heavy atom. The Hall–Kier alpha value is -1.45. The summed E-state index contributed by atoms with van der Waals surface area (Å²) in [5.74, 6) is 0.557. The van der Waals surface area contributed by atoms with Crippen molar-refractivity contribution in [3.63, 3.8) is 0 Å². The summed E-state index contributed by atoms with van der Waals surface area (Å²) in [6.45, 7) is 7.15. The van der Waals surface area contributed by atoms with Gasteiger partial charge in [0.1, 0.15) is 5.82 Å². The number of rotatable bonds is 6. The van der Waals surface area contributed by atoms with Gasteiger partial charge in [0.15, 0.2) is 0 Å². The lowest BCUT2D eigenvalue weighted by Gasteiger charge is -2.36. The maximum Gasteiger partial charge on any atom is 0.242 e. The number of aromatic nitrogens is 2. The van der Waals surface area contributed by atoms with E-state index >= 15 is 0 Å². The lowest BCUT2D eigenvalue weighted by atomic mass is 10.0. The SMILES string of the molecule is CC(C(=O)Nc1ccnn1C(C)C)N1CCCC(NS(C)(=O)=O)C1. The first-order chi connectivity index (χ1) is 11.2. The third-order valence-electron chi connectivity index (χ3n) is 4.17. The standard InChI is InChI=1S/C15H27N5O3S/c1-11(2)20-14(7-8-16-20)17-15(21)12(3)19-9-5-6-13(10-19)18-24(4,22)23/h7-8,11-13,18H,5-6,9-10H2,1-4H3,(H,17,21). The zero-order valence-electron chi connectivity index (χ0n) is 14.7. The fourth-order valence-electron chi connectivity index (χ4n) is 2.98. The molecular weight excluding hydrogens is 330 g/mol. The molecule has 1 aromatic rings. The number of carbonyl (C=O) groups is 1. The van der Waals surface area contributed by atoms with E-state index in [1.54, 1.807) is 16.9 Å². The number of carbonyl (C=O) groups excluding carboxylic acids is 1. The molecule has 1 fully saturated rings. The molecule has 1 saturated heterocycles. The summed E-state index contributed by atoms with van der Waals surface area (Å²) >= 11 is 0. The predicted molar refractivity (Wildman–Crippen MR) is 93.3 cm³/mol. The summed E-state index contributed by atoms with van der Waals surface area (Å²) in [5.41, 5.74) is 0. The highest BCUT2D eigenvalue weighted by Crippen LogP contribution is 2.17. The number of hydrogen-bond donors (Lipinski definition) is 2. The van der Waals surface area contributed by atoms with Crippen LogP contribution in [0.5, 0.6) is 0 Å². The van der Waals surface area contributed by atoms with Crippen LogP contribution in [0.3, 0.4) is 0 Å². The van der Waals surface area contributed by atoms with E-state index < -0.39 is 10.0 Å². The van der Waals surface area contributed by atoms with Gasteiger partial charge in [0.2, 0.25) is 15.9 Å². The van der Waals surface area contributed by atoms with Crippen LogP contribution in [0, 0.1) is 0 Å². The largest absolute Gasteiger partial charge is 0.310 e. The molecule has 8 nitrogen and oxygen atoms in total. The minimum atomic E-state index is -3.24. The van der Waals surface area contributed by atoms with Gasteiger partial charge in [-0.1, -0.05) is 0 Å². The van der Waals surface area contributed by atoms with Crippen molar-refractivity contribution in [3.05, 3.63) is 12.3 Å². The molecule has 2 unspecified atom stereocenters. The Labute approximate surface area is 143 Å². The first kappa shape index (κ1) is 18.9. The Morgan fingerprint density at radius 3 is 2.71 bits per heavy atom. The monoisotopic (exact) mass is 357 g/mol. The second kappa shape index (κ2) is 7.62. The summed E-state index contributed by atoms with van der Waals surface area (Å²) < 4.78 is 27.2. The minimum absolute atomic E-state index is 0.114. The number of nitrogens with one attached hydrogen (secondary N) is 2. The molecule has 0 aromatic carbocycles. The third-order valence-corrected chi connectivity index (χ3v) is 4.93. The quantitative estimate of drug-likeness (QED) is 0.785. The van der Waals surface area contributed by atoms with Gasteiger partial charge in [0.05, 0.1) is 18.5 Å². The molecule has 0 bridgehead atoms. The van der Waals surface area contributed by atoms with Crippen LogP contribution in [0.1, 0.15) is 39.7 Å². The molecule has 2 heterocycles. The Bertz CT molecular complexity index is 670. The minimum Gasteiger partial charge on any atom is -0.310 e. The zero-order valence-corrected chi connectivity index (χ0v) is 15.5. The van der Waals surface area contributed by atoms with Gasteiger partial charge >= 0.3 is 0 Å². The van der Waals surface area contributed by atoms with Gasteiger partial charge in [-0.3, -0.25) is 9.69 Å². The molecule has 0 radical (unpaired) electrons. The highest BCUT2D eigenvalue weighted by molar-refractivity contribution is 7.88. The molecule has 1 aromatic heterocycles. The third kappa shape index (κ3) is 5.02. The Morgan fingerprint density at radius 2 is 2.08 bits per heavy atom. The smallest absolute Gasteiger partial charge is 0.242 e. The second-order valence-electron chi connectivity index (χ2n) is 6.64. The average Bonchev–Trinajstić information content (AvgIpc) is 2.93. The molecule has 136 valence electrons. The lowest BCUT2D eigenvalue weighted by Crippen LogP contribution is -2.53. The van der Waals surface area contributed by atoms with Crippen molar-refractivity contribution in [2.24, 2.45) is 0 Å². The lowest BCUT2D eigenvalue weighted by molar-refractivity contribution is -0.121. The first-order valence-electron chi connectivity index (χ1n) is 8.23. The summed E-state index contributed by atoms with van der Waals surface area (Å²) in [7, 11) is -3.24. The number of hydrogen-bond acceptors (Lipinski definition) is 5. The van der Waals surface area contributed by atoms with Gasteiger partial charge in [0.25, 0.3) is 0 Å². The predicted octanol–water partition coefficient (Wildman–Crippen LogP) is 0.805. The average molecular weight is 357 g/mol. The van der Waals surface area contributed by atoms with Crippen LogP contribution in [-0.4, -0.2) is 60.4 Å². The molecule has 1 aliphatic rings. The van der Waals surface area contributed by atoms with Crippen LogP contribution in [-0.2, 0) is 14.8 Å². The molecule has 1 amide bonds. The van der Waals surface area contributed by atoms with Crippen LogP contribution in [0.4, 0.5) is 5.82 Å². The molecule has 24 heavy (non-hydrogen) atoms. The molecule has 0 spiro atoms. The maximum absolute atomic E-state index is 12.5. The molecular formula is C15H27N5O3S. The van der Waals surface area contributed by atoms with Crippen LogP contribution in [0.25, 0.3) is 0 Å². The van der Waals surface area contributed by atoms with Crippen molar-refractivity contribution >= 4 is 21.7 Å². The van der Waals surface area contributed by atoms with Gasteiger partial charge in [-0.15, -0.1) is 0 Å². The van der Waals surface area contributed by atoms with Crippen molar-refractivity contribution in [1.29, 1.82) is 0 Å². The van der Waals surface area contributed by atoms with Crippen LogP contribution >= 0.6 is 0 Å². The number of likely N-dealkylation sites (tertiary alicyclic amines) is 1. The van der Waals surface area contributed by atoms with E-state index in [-0.39, 0.29) is 24.0 Å². The molecule has 2 N–H and O–H groups in total. The highest BCUT2D eigenvalue weighted by atomic mass is 32.2. The van der Waals surface area contributed by atoms with Gasteiger partial charge in [-0.2, -0.15) is 5.10 Å². The molecule has 0 aliphatic carbocycles. The van der Waals surface area contributed by atoms with E-state index in [1.165, 1.54) is 0 Å². The van der Waals surface area contributed by atoms with E-state index in [0.29, 0.717) is 12.4 Å². The fraction of sp³-hybridized carbons (Fsp3) is 0.733. The van der Waals surface area contributed by atoms with Gasteiger partial charge in [-0.25, -0.2) is 17.8 Å². The van der Waals surface area contributed by atoms with Crippen LogP contribution < -0.4 is 10.0 Å². The fourth-order valence-corrected chi connectivity index (χ4v) is 3.78. The van der Waals surface area contributed by atoms with Crippen LogP contribution in [0.2, 0.25) is 0 Å². The molecule has 2 atom stereocenters. The summed E-state index contributed by atoms with van der Waals surface area (Å²) in [4.78, 5) is 14.6. The van der Waals surface area contributed by atoms with E-state index in [9.17, 15) is 13.2 Å². The number of piperidine rings is 1. The van der Waals surface area contributed by atoms with E-state index in [2.05, 4.69) is 15.1 Å². The van der Waals surface area contributed by atoms with Crippen molar-refractivity contribution < 1.29 is 13.2 Å². The summed E-state index contributed by atoms with van der Waals surface area (Å²) in [6.07, 6.45) is 4.47. The number of sulfonamides is 1. The molecule has 1 aliphatic heterocycles. The van der Waals surface area contributed by atoms with Crippen molar-refractivity contribution in [2.45, 2.75) is 51.7 Å². The van der Waals surface area contributed by atoms with E-state index in [4.69, 9.17) is 0 Å². The van der Waals surface area contributed by atoms with E-state index in [0.717, 1.165) is 25.6 Å². The maximum atomic E-state index is 12.5. The normalized spacial score (nSPS) is 21.0. The van der Waals surface area contributed by atoms with Gasteiger partial charge < -0.3 is 5.32 Å². The van der Waals surface area contributed by atoms with Gasteiger partial charge in [0, 0.05) is 24.7 Å². The second-order valence-corrected chi connectivity index (χ2v) is 8.42. The molecule has 9 heteroatoms. The summed E-state index contributed by atoms with van der Waals surface area (Å²) in [5, 5.41) is 7.12. The van der Waals surface area contributed by atoms with Crippen molar-refractivity contribution in [1.82, 2.24) is 19.4 Å². The summed E-state index contributed by atoms with van der Waals surface area (Å²) in [6, 6.07) is 1.44. The number of nitrogens with zero attached hydrogens (tertiary/aromatic N) is 3. The zero-order chi connectivity index (χ0) is 17.9. The number of amides is 1. The van der Waals surface area contributed by atoms with Crippen LogP contribution in [0.15, 0.2) is 12.3 Å². The highest BCUT2D eigenvalue weighted by Gasteiger charge is 2.29. The van der Waals surface area contributed by atoms with Gasteiger partial charge in [-0.05, 0) is 40.2 Å². The topological polar surface area (TPSA) is 96.3 Å². The number of anilines is 1. The Kier molecular flexibility index (Phi) is 6.00. The Balaban J connectivity index is 1.98. The molecule has 2 rings (SSSR count). The molecule has 0 saturated carbocycles.